The molecule has 0 aliphatic rings. The zero-order valence-electron chi connectivity index (χ0n) is 14.0. The van der Waals surface area contributed by atoms with Gasteiger partial charge in [-0.15, -0.1) is 0 Å². The third kappa shape index (κ3) is 5.72. The molecule has 2 amide bonds. The molecule has 0 spiro atoms. The summed E-state index contributed by atoms with van der Waals surface area (Å²) in [5.74, 6) is -7.68. The van der Waals surface area contributed by atoms with Gasteiger partial charge in [-0.1, -0.05) is 34.8 Å². The second kappa shape index (κ2) is 9.77. The Morgan fingerprint density at radius 1 is 1.00 bits per heavy atom. The van der Waals surface area contributed by atoms with Crippen molar-refractivity contribution in [2.75, 3.05) is 18.5 Å². The molecule has 154 valence electrons. The van der Waals surface area contributed by atoms with Crippen LogP contribution in [0.4, 0.5) is 18.9 Å². The third-order valence-corrected chi connectivity index (χ3v) is 4.44. The number of amides is 2. The zero-order valence-corrected chi connectivity index (χ0v) is 16.3. The van der Waals surface area contributed by atoms with Crippen molar-refractivity contribution >= 4 is 58.3 Å². The lowest BCUT2D eigenvalue weighted by Crippen LogP contribution is -2.35. The smallest absolute Gasteiger partial charge is 0.359 e. The maximum atomic E-state index is 13.5. The molecule has 0 fully saturated rings. The van der Waals surface area contributed by atoms with Gasteiger partial charge in [-0.05, 0) is 12.1 Å². The van der Waals surface area contributed by atoms with E-state index in [9.17, 15) is 27.6 Å². The number of halogens is 6. The predicted octanol–water partition coefficient (Wildman–Crippen LogP) is 3.37. The van der Waals surface area contributed by atoms with Gasteiger partial charge in [0.15, 0.2) is 29.8 Å². The molecule has 1 heterocycles. The third-order valence-electron chi connectivity index (χ3n) is 3.20. The van der Waals surface area contributed by atoms with Crippen LogP contribution in [-0.2, 0) is 14.3 Å². The summed E-state index contributed by atoms with van der Waals surface area (Å²) in [4.78, 5) is 38.8. The topological polar surface area (TPSA) is 97.4 Å². The number of nitrogens with zero attached hydrogens (tertiary/aromatic N) is 1. The number of ether oxygens (including phenoxy) is 1. The SMILES string of the molecule is O=C(COC(=O)c1ncc(Cl)c(Cl)c1Cl)NCC(=O)Nc1ccc(F)c(F)c1F. The van der Waals surface area contributed by atoms with E-state index < -0.39 is 54.1 Å². The van der Waals surface area contributed by atoms with Crippen LogP contribution in [0.3, 0.4) is 0 Å². The highest BCUT2D eigenvalue weighted by Crippen LogP contribution is 2.31. The second-order valence-corrected chi connectivity index (χ2v) is 6.37. The van der Waals surface area contributed by atoms with Gasteiger partial charge in [0.05, 0.1) is 27.3 Å². The summed E-state index contributed by atoms with van der Waals surface area (Å²) in [5, 5.41) is 3.64. The van der Waals surface area contributed by atoms with E-state index in [0.717, 1.165) is 12.3 Å². The number of carbonyl (C=O) groups excluding carboxylic acids is 3. The van der Waals surface area contributed by atoms with Gasteiger partial charge in [-0.2, -0.15) is 0 Å². The van der Waals surface area contributed by atoms with Gasteiger partial charge in [-0.3, -0.25) is 9.59 Å². The van der Waals surface area contributed by atoms with Crippen LogP contribution < -0.4 is 10.6 Å². The van der Waals surface area contributed by atoms with Crippen LogP contribution in [-0.4, -0.2) is 35.9 Å². The summed E-state index contributed by atoms with van der Waals surface area (Å²) < 4.78 is 44.1. The summed E-state index contributed by atoms with van der Waals surface area (Å²) in [6.45, 7) is -1.47. The minimum Gasteiger partial charge on any atom is -0.451 e. The molecule has 1 aromatic heterocycles. The van der Waals surface area contributed by atoms with Crippen molar-refractivity contribution in [2.45, 2.75) is 0 Å². The van der Waals surface area contributed by atoms with Crippen molar-refractivity contribution < 1.29 is 32.3 Å². The number of esters is 1. The Morgan fingerprint density at radius 2 is 1.69 bits per heavy atom. The molecule has 29 heavy (non-hydrogen) atoms. The molecule has 2 rings (SSSR count). The van der Waals surface area contributed by atoms with Crippen LogP contribution in [0.25, 0.3) is 0 Å². The highest BCUT2D eigenvalue weighted by Gasteiger charge is 2.20. The number of rotatable bonds is 6. The van der Waals surface area contributed by atoms with Crippen molar-refractivity contribution in [3.63, 3.8) is 0 Å². The van der Waals surface area contributed by atoms with E-state index in [1.54, 1.807) is 0 Å². The maximum absolute atomic E-state index is 13.5. The highest BCUT2D eigenvalue weighted by molar-refractivity contribution is 6.48. The van der Waals surface area contributed by atoms with Crippen LogP contribution in [0.2, 0.25) is 15.1 Å². The van der Waals surface area contributed by atoms with Crippen LogP contribution in [0.15, 0.2) is 18.3 Å². The Balaban J connectivity index is 1.84. The standard InChI is InChI=1S/C16H9Cl3F3N3O4/c17-6-3-24-15(12(19)11(6)18)16(28)29-5-10(27)23-4-9(26)25-8-2-1-7(20)13(21)14(8)22/h1-3H,4-5H2,(H,23,27)(H,25,26). The molecular weight excluding hydrogens is 462 g/mol. The van der Waals surface area contributed by atoms with Gasteiger partial charge in [0.2, 0.25) is 5.91 Å². The molecule has 2 N–H and O–H groups in total. The highest BCUT2D eigenvalue weighted by atomic mass is 35.5. The van der Waals surface area contributed by atoms with Crippen molar-refractivity contribution in [3.8, 4) is 0 Å². The molecule has 0 atom stereocenters. The van der Waals surface area contributed by atoms with Gasteiger partial charge >= 0.3 is 5.97 Å². The summed E-state index contributed by atoms with van der Waals surface area (Å²) in [5.41, 5.74) is -0.990. The number of anilines is 1. The predicted molar refractivity (Wildman–Crippen MR) is 97.5 cm³/mol. The summed E-state index contributed by atoms with van der Waals surface area (Å²) >= 11 is 17.2. The van der Waals surface area contributed by atoms with Crippen LogP contribution in [0.1, 0.15) is 10.5 Å². The molecule has 1 aromatic carbocycles. The lowest BCUT2D eigenvalue weighted by Gasteiger charge is -2.09. The number of hydrogen-bond donors (Lipinski definition) is 2. The fourth-order valence-corrected chi connectivity index (χ4v) is 2.39. The first-order chi connectivity index (χ1) is 13.6. The Labute approximate surface area is 176 Å². The van der Waals surface area contributed by atoms with Crippen molar-refractivity contribution in [3.05, 3.63) is 56.5 Å². The van der Waals surface area contributed by atoms with E-state index in [1.807, 2.05) is 5.32 Å². The second-order valence-electron chi connectivity index (χ2n) is 5.21. The lowest BCUT2D eigenvalue weighted by molar-refractivity contribution is -0.126. The fraction of sp³-hybridized carbons (Fsp3) is 0.125. The molecule has 0 radical (unpaired) electrons. The first kappa shape index (κ1) is 22.7. The van der Waals surface area contributed by atoms with E-state index in [1.165, 1.54) is 0 Å². The number of aromatic nitrogens is 1. The molecule has 2 aromatic rings. The largest absolute Gasteiger partial charge is 0.451 e. The average molecular weight is 471 g/mol. The number of nitrogens with one attached hydrogen (secondary N) is 2. The Hall–Kier alpha value is -2.56. The number of hydrogen-bond acceptors (Lipinski definition) is 5. The van der Waals surface area contributed by atoms with Gasteiger partial charge in [0.1, 0.15) is 0 Å². The van der Waals surface area contributed by atoms with Gasteiger partial charge in [-0.25, -0.2) is 22.9 Å². The molecule has 0 aliphatic heterocycles. The Kier molecular flexibility index (Phi) is 7.66. The number of carbonyl (C=O) groups is 3. The van der Waals surface area contributed by atoms with Crippen molar-refractivity contribution in [1.29, 1.82) is 0 Å². The van der Waals surface area contributed by atoms with Gasteiger partial charge in [0, 0.05) is 6.20 Å². The number of pyridine rings is 1. The van der Waals surface area contributed by atoms with E-state index in [0.29, 0.717) is 6.07 Å². The molecule has 13 heteroatoms. The molecule has 0 saturated heterocycles. The summed E-state index contributed by atoms with van der Waals surface area (Å²) in [7, 11) is 0. The van der Waals surface area contributed by atoms with Gasteiger partial charge in [0.25, 0.3) is 5.91 Å². The van der Waals surface area contributed by atoms with Crippen LogP contribution in [0, 0.1) is 17.5 Å². The quantitative estimate of drug-likeness (QED) is 0.498. The fourth-order valence-electron chi connectivity index (χ4n) is 1.83. The molecule has 0 bridgehead atoms. The van der Waals surface area contributed by atoms with E-state index in [-0.39, 0.29) is 20.8 Å². The van der Waals surface area contributed by atoms with Crippen molar-refractivity contribution in [1.82, 2.24) is 10.3 Å². The van der Waals surface area contributed by atoms with E-state index in [4.69, 9.17) is 34.8 Å². The summed E-state index contributed by atoms with van der Waals surface area (Å²) in [6, 6.07) is 1.43. The molecular formula is C16H9Cl3F3N3O4. The van der Waals surface area contributed by atoms with Crippen LogP contribution >= 0.6 is 34.8 Å². The molecule has 7 nitrogen and oxygen atoms in total. The van der Waals surface area contributed by atoms with Crippen molar-refractivity contribution in [2.24, 2.45) is 0 Å². The summed E-state index contributed by atoms with van der Waals surface area (Å²) in [6.07, 6.45) is 1.06. The number of benzene rings is 1. The van der Waals surface area contributed by atoms with E-state index >= 15 is 0 Å². The van der Waals surface area contributed by atoms with Gasteiger partial charge < -0.3 is 15.4 Å². The minimum absolute atomic E-state index is 0.00875. The molecule has 0 unspecified atom stereocenters. The lowest BCUT2D eigenvalue weighted by atomic mass is 10.2. The first-order valence-corrected chi connectivity index (χ1v) is 8.61. The van der Waals surface area contributed by atoms with Crippen LogP contribution in [0.5, 0.6) is 0 Å². The zero-order chi connectivity index (χ0) is 21.7. The first-order valence-electron chi connectivity index (χ1n) is 7.48. The van der Waals surface area contributed by atoms with E-state index in [2.05, 4.69) is 15.0 Å². The maximum Gasteiger partial charge on any atom is 0.359 e. The average Bonchev–Trinajstić information content (AvgIpc) is 2.69. The normalized spacial score (nSPS) is 10.4. The Morgan fingerprint density at radius 3 is 2.38 bits per heavy atom. The molecule has 0 aliphatic carbocycles. The Bertz CT molecular complexity index is 992. The molecule has 0 saturated carbocycles. The monoisotopic (exact) mass is 469 g/mol. The minimum atomic E-state index is -1.76.